The lowest BCUT2D eigenvalue weighted by atomic mass is 9.90. The molecule has 0 aliphatic carbocycles. The molecule has 5 nitrogen and oxygen atoms in total. The van der Waals surface area contributed by atoms with Gasteiger partial charge in [-0.3, -0.25) is 4.79 Å². The molecule has 1 aromatic heterocycles. The third-order valence-corrected chi connectivity index (χ3v) is 4.05. The van der Waals surface area contributed by atoms with Gasteiger partial charge in [0.15, 0.2) is 5.13 Å². The number of carbonyl (C=O) groups is 1. The van der Waals surface area contributed by atoms with E-state index in [1.54, 1.807) is 13.8 Å². The molecule has 1 aromatic rings. The van der Waals surface area contributed by atoms with Gasteiger partial charge in [0.25, 0.3) is 0 Å². The molecule has 0 radical (unpaired) electrons. The molecule has 1 fully saturated rings. The van der Waals surface area contributed by atoms with Crippen LogP contribution in [-0.2, 0) is 14.9 Å². The van der Waals surface area contributed by atoms with E-state index in [9.17, 15) is 4.79 Å². The van der Waals surface area contributed by atoms with Crippen LogP contribution in [0.25, 0.3) is 0 Å². The van der Waals surface area contributed by atoms with Crippen molar-refractivity contribution in [2.75, 3.05) is 25.1 Å². The molecule has 1 unspecified atom stereocenters. The SMILES string of the molecule is CC(C)(C(=O)O)c1csc(NCC2CCOC2)n1. The summed E-state index contributed by atoms with van der Waals surface area (Å²) in [6.07, 6.45) is 1.08. The van der Waals surface area contributed by atoms with E-state index in [1.807, 2.05) is 5.38 Å². The number of aromatic nitrogens is 1. The molecule has 2 rings (SSSR count). The maximum Gasteiger partial charge on any atom is 0.315 e. The van der Waals surface area contributed by atoms with Crippen molar-refractivity contribution >= 4 is 22.4 Å². The van der Waals surface area contributed by atoms with E-state index in [0.29, 0.717) is 11.6 Å². The average Bonchev–Trinajstić information content (AvgIpc) is 2.97. The Morgan fingerprint density at radius 3 is 3.11 bits per heavy atom. The highest BCUT2D eigenvalue weighted by Crippen LogP contribution is 2.27. The summed E-state index contributed by atoms with van der Waals surface area (Å²) in [4.78, 5) is 15.5. The molecule has 0 amide bonds. The number of ether oxygens (including phenoxy) is 1. The fourth-order valence-electron chi connectivity index (χ4n) is 1.73. The Kier molecular flexibility index (Phi) is 3.87. The summed E-state index contributed by atoms with van der Waals surface area (Å²) in [6, 6.07) is 0. The number of anilines is 1. The predicted octanol–water partition coefficient (Wildman–Crippen LogP) is 1.95. The number of thiazole rings is 1. The molecule has 1 aliphatic heterocycles. The highest BCUT2D eigenvalue weighted by molar-refractivity contribution is 7.13. The zero-order chi connectivity index (χ0) is 13.2. The number of aliphatic carboxylic acids is 1. The van der Waals surface area contributed by atoms with E-state index >= 15 is 0 Å². The van der Waals surface area contributed by atoms with Crippen molar-refractivity contribution in [3.8, 4) is 0 Å². The largest absolute Gasteiger partial charge is 0.481 e. The first-order valence-electron chi connectivity index (χ1n) is 6.01. The molecular formula is C12H18N2O3S. The molecule has 1 atom stereocenters. The predicted molar refractivity (Wildman–Crippen MR) is 70.2 cm³/mol. The fourth-order valence-corrected chi connectivity index (χ4v) is 2.62. The smallest absolute Gasteiger partial charge is 0.315 e. The van der Waals surface area contributed by atoms with Crippen LogP contribution in [0.2, 0.25) is 0 Å². The highest BCUT2D eigenvalue weighted by atomic mass is 32.1. The fraction of sp³-hybridized carbons (Fsp3) is 0.667. The number of nitrogens with zero attached hydrogens (tertiary/aromatic N) is 1. The van der Waals surface area contributed by atoms with Gasteiger partial charge in [0.1, 0.15) is 5.41 Å². The lowest BCUT2D eigenvalue weighted by Gasteiger charge is -2.15. The van der Waals surface area contributed by atoms with Crippen molar-refractivity contribution in [2.24, 2.45) is 5.92 Å². The lowest BCUT2D eigenvalue weighted by molar-refractivity contribution is -0.142. The lowest BCUT2D eigenvalue weighted by Crippen LogP contribution is -2.28. The van der Waals surface area contributed by atoms with Gasteiger partial charge < -0.3 is 15.2 Å². The van der Waals surface area contributed by atoms with Crippen LogP contribution in [0.5, 0.6) is 0 Å². The van der Waals surface area contributed by atoms with Crippen molar-refractivity contribution in [1.29, 1.82) is 0 Å². The topological polar surface area (TPSA) is 71.5 Å². The molecule has 0 spiro atoms. The summed E-state index contributed by atoms with van der Waals surface area (Å²) in [6.45, 7) is 5.80. The summed E-state index contributed by atoms with van der Waals surface area (Å²) in [5.41, 5.74) is -0.336. The van der Waals surface area contributed by atoms with Gasteiger partial charge in [0.2, 0.25) is 0 Å². The van der Waals surface area contributed by atoms with Crippen LogP contribution in [0.1, 0.15) is 26.0 Å². The van der Waals surface area contributed by atoms with E-state index in [0.717, 1.165) is 31.3 Å². The molecule has 100 valence electrons. The van der Waals surface area contributed by atoms with Gasteiger partial charge in [-0.05, 0) is 20.3 Å². The first kappa shape index (κ1) is 13.3. The Bertz CT molecular complexity index is 425. The third kappa shape index (κ3) is 2.81. The minimum absolute atomic E-state index is 0.532. The van der Waals surface area contributed by atoms with Gasteiger partial charge in [0.05, 0.1) is 12.3 Å². The molecule has 2 heterocycles. The maximum atomic E-state index is 11.1. The number of nitrogens with one attached hydrogen (secondary N) is 1. The Labute approximate surface area is 110 Å². The van der Waals surface area contributed by atoms with E-state index in [4.69, 9.17) is 9.84 Å². The summed E-state index contributed by atoms with van der Waals surface area (Å²) in [7, 11) is 0. The maximum absolute atomic E-state index is 11.1. The van der Waals surface area contributed by atoms with Crippen molar-refractivity contribution in [3.63, 3.8) is 0 Å². The summed E-state index contributed by atoms with van der Waals surface area (Å²) in [5, 5.41) is 15.0. The molecule has 0 bridgehead atoms. The van der Waals surface area contributed by atoms with Crippen LogP contribution in [0.4, 0.5) is 5.13 Å². The van der Waals surface area contributed by atoms with Crippen molar-refractivity contribution in [2.45, 2.75) is 25.7 Å². The number of rotatable bonds is 5. The zero-order valence-corrected chi connectivity index (χ0v) is 11.4. The third-order valence-electron chi connectivity index (χ3n) is 3.25. The standard InChI is InChI=1S/C12H18N2O3S/c1-12(2,10(15)16)9-7-18-11(14-9)13-5-8-3-4-17-6-8/h7-8H,3-6H2,1-2H3,(H,13,14)(H,15,16). The minimum atomic E-state index is -0.938. The quantitative estimate of drug-likeness (QED) is 0.855. The Balaban J connectivity index is 1.95. The molecule has 2 N–H and O–H groups in total. The molecule has 1 aliphatic rings. The Morgan fingerprint density at radius 1 is 1.72 bits per heavy atom. The Morgan fingerprint density at radius 2 is 2.50 bits per heavy atom. The van der Waals surface area contributed by atoms with E-state index in [2.05, 4.69) is 10.3 Å². The summed E-state index contributed by atoms with van der Waals surface area (Å²) in [5.74, 6) is -0.326. The van der Waals surface area contributed by atoms with E-state index in [-0.39, 0.29) is 0 Å². The average molecular weight is 270 g/mol. The van der Waals surface area contributed by atoms with Crippen LogP contribution in [-0.4, -0.2) is 35.8 Å². The first-order chi connectivity index (χ1) is 8.50. The Hall–Kier alpha value is -1.14. The second kappa shape index (κ2) is 5.24. The van der Waals surface area contributed by atoms with E-state index < -0.39 is 11.4 Å². The molecule has 0 saturated carbocycles. The van der Waals surface area contributed by atoms with Crippen molar-refractivity contribution in [3.05, 3.63) is 11.1 Å². The molecule has 1 saturated heterocycles. The minimum Gasteiger partial charge on any atom is -0.481 e. The van der Waals surface area contributed by atoms with Crippen LogP contribution < -0.4 is 5.32 Å². The number of carboxylic acids is 1. The van der Waals surface area contributed by atoms with Gasteiger partial charge >= 0.3 is 5.97 Å². The second-order valence-corrected chi connectivity index (χ2v) is 5.94. The molecule has 0 aromatic carbocycles. The normalized spacial score (nSPS) is 20.0. The van der Waals surface area contributed by atoms with Crippen LogP contribution in [0, 0.1) is 5.92 Å². The summed E-state index contributed by atoms with van der Waals surface area (Å²) < 4.78 is 5.30. The number of carboxylic acid groups (broad SMARTS) is 1. The number of hydrogen-bond acceptors (Lipinski definition) is 5. The molecule has 6 heteroatoms. The van der Waals surface area contributed by atoms with Gasteiger partial charge in [-0.25, -0.2) is 4.98 Å². The van der Waals surface area contributed by atoms with Crippen LogP contribution in [0.15, 0.2) is 5.38 Å². The molecule has 18 heavy (non-hydrogen) atoms. The van der Waals surface area contributed by atoms with E-state index in [1.165, 1.54) is 11.3 Å². The second-order valence-electron chi connectivity index (χ2n) is 5.08. The van der Waals surface area contributed by atoms with Crippen LogP contribution >= 0.6 is 11.3 Å². The van der Waals surface area contributed by atoms with Crippen molar-refractivity contribution < 1.29 is 14.6 Å². The highest BCUT2D eigenvalue weighted by Gasteiger charge is 2.32. The summed E-state index contributed by atoms with van der Waals surface area (Å²) >= 11 is 1.45. The van der Waals surface area contributed by atoms with Gasteiger partial charge in [-0.15, -0.1) is 11.3 Å². The van der Waals surface area contributed by atoms with Gasteiger partial charge in [-0.1, -0.05) is 0 Å². The monoisotopic (exact) mass is 270 g/mol. The van der Waals surface area contributed by atoms with Gasteiger partial charge in [0, 0.05) is 24.4 Å². The van der Waals surface area contributed by atoms with Gasteiger partial charge in [-0.2, -0.15) is 0 Å². The van der Waals surface area contributed by atoms with Crippen molar-refractivity contribution in [1.82, 2.24) is 4.98 Å². The van der Waals surface area contributed by atoms with Crippen LogP contribution in [0.3, 0.4) is 0 Å². The first-order valence-corrected chi connectivity index (χ1v) is 6.89. The molecular weight excluding hydrogens is 252 g/mol. The zero-order valence-electron chi connectivity index (χ0n) is 10.6. The number of hydrogen-bond donors (Lipinski definition) is 2.